The van der Waals surface area contributed by atoms with Crippen molar-refractivity contribution in [3.8, 4) is 11.5 Å². The Morgan fingerprint density at radius 3 is 2.77 bits per heavy atom. The smallest absolute Gasteiger partial charge is 0.243 e. The van der Waals surface area contributed by atoms with Gasteiger partial charge in [0, 0.05) is 30.3 Å². The standard InChI is InChI=1S/C22H21FN4O3/c1-3-21(28)26-13-8-14(9-13)30-20-10-15-18(11-19(20)29-2)24-12-25-22(15)27-17-7-5-4-6-16(17)23/h3-7,10-14H,1,8-9H2,2H3,(H,26,28)(H,24,25,27). The minimum Gasteiger partial charge on any atom is -0.493 e. The lowest BCUT2D eigenvalue weighted by molar-refractivity contribution is -0.118. The van der Waals surface area contributed by atoms with Gasteiger partial charge in [-0.25, -0.2) is 14.4 Å². The largest absolute Gasteiger partial charge is 0.493 e. The van der Waals surface area contributed by atoms with Gasteiger partial charge >= 0.3 is 0 Å². The predicted molar refractivity (Wildman–Crippen MR) is 112 cm³/mol. The van der Waals surface area contributed by atoms with Crippen molar-refractivity contribution in [1.82, 2.24) is 15.3 Å². The summed E-state index contributed by atoms with van der Waals surface area (Å²) in [4.78, 5) is 20.0. The molecule has 1 aliphatic rings. The van der Waals surface area contributed by atoms with E-state index in [9.17, 15) is 9.18 Å². The molecule has 4 rings (SSSR count). The minimum absolute atomic E-state index is 0.0564. The molecule has 1 heterocycles. The van der Waals surface area contributed by atoms with Gasteiger partial charge in [0.1, 0.15) is 24.1 Å². The Hall–Kier alpha value is -3.68. The highest BCUT2D eigenvalue weighted by Crippen LogP contribution is 2.37. The van der Waals surface area contributed by atoms with Gasteiger partial charge in [-0.15, -0.1) is 0 Å². The predicted octanol–water partition coefficient (Wildman–Crippen LogP) is 3.73. The number of nitrogens with zero attached hydrogens (tertiary/aromatic N) is 2. The molecule has 0 radical (unpaired) electrons. The molecule has 1 saturated carbocycles. The topological polar surface area (TPSA) is 85.4 Å². The number of nitrogens with one attached hydrogen (secondary N) is 2. The van der Waals surface area contributed by atoms with Crippen LogP contribution in [0.2, 0.25) is 0 Å². The number of ether oxygens (including phenoxy) is 2. The zero-order chi connectivity index (χ0) is 21.1. The summed E-state index contributed by atoms with van der Waals surface area (Å²) in [6.45, 7) is 3.45. The number of anilines is 2. The Morgan fingerprint density at radius 1 is 1.23 bits per heavy atom. The lowest BCUT2D eigenvalue weighted by Crippen LogP contribution is -2.48. The zero-order valence-corrected chi connectivity index (χ0v) is 16.4. The average Bonchev–Trinajstić information content (AvgIpc) is 2.73. The number of para-hydroxylation sites is 1. The highest BCUT2D eigenvalue weighted by Gasteiger charge is 2.32. The van der Waals surface area contributed by atoms with E-state index in [1.54, 1.807) is 37.4 Å². The number of methoxy groups -OCH3 is 1. The number of carbonyl (C=O) groups is 1. The molecule has 0 unspecified atom stereocenters. The van der Waals surface area contributed by atoms with Crippen LogP contribution in [0, 0.1) is 5.82 Å². The van der Waals surface area contributed by atoms with Gasteiger partial charge < -0.3 is 20.1 Å². The van der Waals surface area contributed by atoms with Crippen LogP contribution < -0.4 is 20.1 Å². The van der Waals surface area contributed by atoms with Crippen molar-refractivity contribution < 1.29 is 18.7 Å². The zero-order valence-electron chi connectivity index (χ0n) is 16.4. The molecule has 1 amide bonds. The van der Waals surface area contributed by atoms with Gasteiger partial charge in [-0.2, -0.15) is 0 Å². The summed E-state index contributed by atoms with van der Waals surface area (Å²) in [5.74, 6) is 0.966. The third-order valence-corrected chi connectivity index (χ3v) is 4.97. The van der Waals surface area contributed by atoms with Crippen molar-refractivity contribution in [2.75, 3.05) is 12.4 Å². The minimum atomic E-state index is -0.378. The van der Waals surface area contributed by atoms with Crippen LogP contribution in [0.5, 0.6) is 11.5 Å². The van der Waals surface area contributed by atoms with Crippen LogP contribution >= 0.6 is 0 Å². The lowest BCUT2D eigenvalue weighted by atomic mass is 9.89. The SMILES string of the molecule is C=CC(=O)NC1CC(Oc2cc3c(Nc4ccccc4F)ncnc3cc2OC)C1. The molecule has 8 heteroatoms. The van der Waals surface area contributed by atoms with E-state index in [0.717, 1.165) is 0 Å². The summed E-state index contributed by atoms with van der Waals surface area (Å²) in [6, 6.07) is 9.98. The number of fused-ring (bicyclic) bond motifs is 1. The third kappa shape index (κ3) is 4.03. The van der Waals surface area contributed by atoms with E-state index >= 15 is 0 Å². The van der Waals surface area contributed by atoms with Crippen LogP contribution in [0.3, 0.4) is 0 Å². The molecule has 1 aromatic heterocycles. The van der Waals surface area contributed by atoms with Crippen LogP contribution in [0.25, 0.3) is 10.9 Å². The van der Waals surface area contributed by atoms with E-state index in [1.165, 1.54) is 18.5 Å². The maximum atomic E-state index is 14.1. The Morgan fingerprint density at radius 2 is 2.03 bits per heavy atom. The Labute approximate surface area is 172 Å². The number of amides is 1. The number of rotatable bonds is 7. The number of halogens is 1. The van der Waals surface area contributed by atoms with E-state index < -0.39 is 0 Å². The fourth-order valence-electron chi connectivity index (χ4n) is 3.32. The molecule has 2 N–H and O–H groups in total. The van der Waals surface area contributed by atoms with Gasteiger partial charge in [-0.3, -0.25) is 4.79 Å². The highest BCUT2D eigenvalue weighted by atomic mass is 19.1. The van der Waals surface area contributed by atoms with Crippen molar-refractivity contribution >= 4 is 28.3 Å². The second kappa shape index (κ2) is 8.36. The number of benzene rings is 2. The van der Waals surface area contributed by atoms with Gasteiger partial charge in [0.2, 0.25) is 5.91 Å². The van der Waals surface area contributed by atoms with Crippen molar-refractivity contribution in [1.29, 1.82) is 0 Å². The molecule has 154 valence electrons. The lowest BCUT2D eigenvalue weighted by Gasteiger charge is -2.35. The quantitative estimate of drug-likeness (QED) is 0.580. The summed E-state index contributed by atoms with van der Waals surface area (Å²) >= 11 is 0. The number of aromatic nitrogens is 2. The van der Waals surface area contributed by atoms with Gasteiger partial charge in [0.05, 0.1) is 18.3 Å². The van der Waals surface area contributed by atoms with Crippen LogP contribution in [0.1, 0.15) is 12.8 Å². The molecule has 1 aliphatic carbocycles. The highest BCUT2D eigenvalue weighted by molar-refractivity contribution is 5.93. The fraction of sp³-hybridized carbons (Fsp3) is 0.227. The molecule has 3 aromatic rings. The van der Waals surface area contributed by atoms with Crippen LogP contribution in [-0.2, 0) is 4.79 Å². The van der Waals surface area contributed by atoms with E-state index in [4.69, 9.17) is 9.47 Å². The van der Waals surface area contributed by atoms with E-state index in [2.05, 4.69) is 27.2 Å². The van der Waals surface area contributed by atoms with Gasteiger partial charge in [-0.05, 0) is 24.3 Å². The average molecular weight is 408 g/mol. The Kier molecular flexibility index (Phi) is 5.47. The van der Waals surface area contributed by atoms with Crippen LogP contribution in [0.4, 0.5) is 15.9 Å². The van der Waals surface area contributed by atoms with Crippen molar-refractivity contribution in [2.24, 2.45) is 0 Å². The summed E-state index contributed by atoms with van der Waals surface area (Å²) in [5.41, 5.74) is 0.952. The summed E-state index contributed by atoms with van der Waals surface area (Å²) in [6.07, 6.45) is 3.98. The molecule has 2 aromatic carbocycles. The maximum Gasteiger partial charge on any atom is 0.243 e. The number of hydrogen-bond donors (Lipinski definition) is 2. The normalized spacial score (nSPS) is 17.7. The van der Waals surface area contributed by atoms with Crippen LogP contribution in [0.15, 0.2) is 55.4 Å². The van der Waals surface area contributed by atoms with E-state index in [0.29, 0.717) is 46.7 Å². The van der Waals surface area contributed by atoms with Gasteiger partial charge in [0.25, 0.3) is 0 Å². The molecule has 7 nitrogen and oxygen atoms in total. The first-order valence-electron chi connectivity index (χ1n) is 9.51. The number of hydrogen-bond acceptors (Lipinski definition) is 6. The van der Waals surface area contributed by atoms with Gasteiger partial charge in [0.15, 0.2) is 11.5 Å². The number of carbonyl (C=O) groups excluding carboxylic acids is 1. The molecule has 0 bridgehead atoms. The molecule has 0 spiro atoms. The molecular formula is C22H21FN4O3. The first kappa shape index (κ1) is 19.6. The Bertz CT molecular complexity index is 1100. The van der Waals surface area contributed by atoms with Crippen molar-refractivity contribution in [2.45, 2.75) is 25.0 Å². The monoisotopic (exact) mass is 408 g/mol. The molecule has 30 heavy (non-hydrogen) atoms. The second-order valence-corrected chi connectivity index (χ2v) is 6.97. The van der Waals surface area contributed by atoms with Crippen molar-refractivity contribution in [3.63, 3.8) is 0 Å². The second-order valence-electron chi connectivity index (χ2n) is 6.97. The summed E-state index contributed by atoms with van der Waals surface area (Å²) in [7, 11) is 1.56. The maximum absolute atomic E-state index is 14.1. The molecular weight excluding hydrogens is 387 g/mol. The van der Waals surface area contributed by atoms with Crippen LogP contribution in [-0.4, -0.2) is 35.1 Å². The molecule has 0 saturated heterocycles. The summed E-state index contributed by atoms with van der Waals surface area (Å²) in [5, 5.41) is 6.54. The van der Waals surface area contributed by atoms with E-state index in [1.807, 2.05) is 0 Å². The van der Waals surface area contributed by atoms with E-state index in [-0.39, 0.29) is 23.9 Å². The van der Waals surface area contributed by atoms with Crippen molar-refractivity contribution in [3.05, 3.63) is 61.2 Å². The fourth-order valence-corrected chi connectivity index (χ4v) is 3.32. The Balaban J connectivity index is 1.58. The summed E-state index contributed by atoms with van der Waals surface area (Å²) < 4.78 is 25.6. The molecule has 0 atom stereocenters. The first-order chi connectivity index (χ1) is 14.6. The third-order valence-electron chi connectivity index (χ3n) is 4.97. The molecule has 1 fully saturated rings. The first-order valence-corrected chi connectivity index (χ1v) is 9.51. The van der Waals surface area contributed by atoms with Gasteiger partial charge in [-0.1, -0.05) is 18.7 Å². The molecule has 0 aliphatic heterocycles.